The van der Waals surface area contributed by atoms with E-state index in [1.54, 1.807) is 0 Å². The van der Waals surface area contributed by atoms with Crippen molar-refractivity contribution in [3.63, 3.8) is 0 Å². The van der Waals surface area contributed by atoms with Crippen molar-refractivity contribution in [1.29, 1.82) is 5.26 Å². The number of nitrogens with zero attached hydrogens (tertiary/aromatic N) is 2. The third-order valence-electron chi connectivity index (χ3n) is 4.29. The molecule has 0 aromatic rings. The summed E-state index contributed by atoms with van der Waals surface area (Å²) in [6.07, 6.45) is 5.82. The highest BCUT2D eigenvalue weighted by Gasteiger charge is 2.42. The molecule has 0 bridgehead atoms. The molecular formula is C15H29N3. The van der Waals surface area contributed by atoms with Crippen molar-refractivity contribution >= 4 is 0 Å². The highest BCUT2D eigenvalue weighted by Crippen LogP contribution is 2.37. The molecule has 0 heterocycles. The second-order valence-electron chi connectivity index (χ2n) is 5.43. The summed E-state index contributed by atoms with van der Waals surface area (Å²) in [5.41, 5.74) is -0.236. The first-order valence-electron chi connectivity index (χ1n) is 7.61. The topological polar surface area (TPSA) is 39.1 Å². The van der Waals surface area contributed by atoms with Crippen molar-refractivity contribution in [3.8, 4) is 6.07 Å². The summed E-state index contributed by atoms with van der Waals surface area (Å²) < 4.78 is 0. The lowest BCUT2D eigenvalue weighted by Gasteiger charge is -2.31. The Labute approximate surface area is 113 Å². The molecule has 1 N–H and O–H groups in total. The fourth-order valence-electron chi connectivity index (χ4n) is 3.29. The molecule has 0 aromatic carbocycles. The van der Waals surface area contributed by atoms with Gasteiger partial charge in [-0.3, -0.25) is 5.32 Å². The average Bonchev–Trinajstić information content (AvgIpc) is 2.78. The van der Waals surface area contributed by atoms with Gasteiger partial charge in [0.1, 0.15) is 5.54 Å². The molecule has 0 aliphatic heterocycles. The van der Waals surface area contributed by atoms with Crippen molar-refractivity contribution in [2.45, 2.75) is 58.4 Å². The Morgan fingerprint density at radius 3 is 2.67 bits per heavy atom. The van der Waals surface area contributed by atoms with Crippen LogP contribution in [0.15, 0.2) is 0 Å². The van der Waals surface area contributed by atoms with Gasteiger partial charge in [0.2, 0.25) is 0 Å². The highest BCUT2D eigenvalue weighted by atomic mass is 15.1. The molecule has 1 aliphatic rings. The van der Waals surface area contributed by atoms with E-state index in [1.165, 1.54) is 25.8 Å². The summed E-state index contributed by atoms with van der Waals surface area (Å²) >= 11 is 0. The summed E-state index contributed by atoms with van der Waals surface area (Å²) in [7, 11) is 0. The van der Waals surface area contributed by atoms with E-state index in [0.717, 1.165) is 32.5 Å². The molecule has 104 valence electrons. The number of nitrogens with one attached hydrogen (secondary N) is 1. The van der Waals surface area contributed by atoms with Gasteiger partial charge in [-0.25, -0.2) is 0 Å². The van der Waals surface area contributed by atoms with Crippen LogP contribution in [-0.2, 0) is 0 Å². The predicted molar refractivity (Wildman–Crippen MR) is 76.4 cm³/mol. The number of nitriles is 1. The normalized spacial score (nSPS) is 27.6. The van der Waals surface area contributed by atoms with Crippen molar-refractivity contribution < 1.29 is 0 Å². The fourth-order valence-corrected chi connectivity index (χ4v) is 3.29. The monoisotopic (exact) mass is 251 g/mol. The smallest absolute Gasteiger partial charge is 0.109 e. The first-order chi connectivity index (χ1) is 8.72. The Balaban J connectivity index is 2.52. The molecule has 0 spiro atoms. The first kappa shape index (κ1) is 15.5. The van der Waals surface area contributed by atoms with Crippen LogP contribution in [0, 0.1) is 17.2 Å². The van der Waals surface area contributed by atoms with Gasteiger partial charge < -0.3 is 4.90 Å². The lowest BCUT2D eigenvalue weighted by Crippen LogP contribution is -2.47. The van der Waals surface area contributed by atoms with Gasteiger partial charge in [0.05, 0.1) is 6.07 Å². The van der Waals surface area contributed by atoms with Crippen molar-refractivity contribution in [1.82, 2.24) is 10.2 Å². The van der Waals surface area contributed by atoms with Gasteiger partial charge >= 0.3 is 0 Å². The minimum absolute atomic E-state index is 0.236. The SMILES string of the molecule is CCCN(CC)CCC1CCCC1(C#N)NCC. The van der Waals surface area contributed by atoms with Gasteiger partial charge in [-0.1, -0.05) is 27.2 Å². The Morgan fingerprint density at radius 2 is 2.11 bits per heavy atom. The van der Waals surface area contributed by atoms with Crippen LogP contribution < -0.4 is 5.32 Å². The largest absolute Gasteiger partial charge is 0.304 e. The average molecular weight is 251 g/mol. The molecule has 1 saturated carbocycles. The van der Waals surface area contributed by atoms with E-state index >= 15 is 0 Å². The van der Waals surface area contributed by atoms with Crippen LogP contribution in [0.25, 0.3) is 0 Å². The molecule has 0 saturated heterocycles. The molecule has 3 heteroatoms. The van der Waals surface area contributed by atoms with Gasteiger partial charge in [-0.2, -0.15) is 5.26 Å². The van der Waals surface area contributed by atoms with Crippen molar-refractivity contribution in [3.05, 3.63) is 0 Å². The van der Waals surface area contributed by atoms with E-state index in [2.05, 4.69) is 37.1 Å². The molecule has 0 radical (unpaired) electrons. The first-order valence-corrected chi connectivity index (χ1v) is 7.61. The Hall–Kier alpha value is -0.590. The van der Waals surface area contributed by atoms with Crippen LogP contribution in [0.4, 0.5) is 0 Å². The van der Waals surface area contributed by atoms with Crippen LogP contribution in [0.1, 0.15) is 52.9 Å². The van der Waals surface area contributed by atoms with Crippen LogP contribution in [0.3, 0.4) is 0 Å². The van der Waals surface area contributed by atoms with Gasteiger partial charge in [-0.05, 0) is 57.8 Å². The molecule has 0 aromatic heterocycles. The molecule has 1 rings (SSSR count). The maximum Gasteiger partial charge on any atom is 0.109 e. The Kier molecular flexibility index (Phi) is 6.67. The molecule has 1 aliphatic carbocycles. The molecule has 1 fully saturated rings. The number of hydrogen-bond donors (Lipinski definition) is 1. The van der Waals surface area contributed by atoms with Crippen molar-refractivity contribution in [2.24, 2.45) is 5.92 Å². The van der Waals surface area contributed by atoms with Crippen molar-refractivity contribution in [2.75, 3.05) is 26.2 Å². The molecular weight excluding hydrogens is 222 g/mol. The van der Waals surface area contributed by atoms with Crippen LogP contribution in [0.5, 0.6) is 0 Å². The Morgan fingerprint density at radius 1 is 1.33 bits per heavy atom. The second kappa shape index (κ2) is 7.76. The summed E-state index contributed by atoms with van der Waals surface area (Å²) in [6, 6.07) is 2.57. The van der Waals surface area contributed by atoms with E-state index in [-0.39, 0.29) is 5.54 Å². The van der Waals surface area contributed by atoms with Gasteiger partial charge in [0, 0.05) is 0 Å². The van der Waals surface area contributed by atoms with E-state index in [9.17, 15) is 5.26 Å². The minimum atomic E-state index is -0.236. The van der Waals surface area contributed by atoms with E-state index < -0.39 is 0 Å². The van der Waals surface area contributed by atoms with Crippen LogP contribution >= 0.6 is 0 Å². The van der Waals surface area contributed by atoms with Crippen LogP contribution in [0.2, 0.25) is 0 Å². The molecule has 2 unspecified atom stereocenters. The van der Waals surface area contributed by atoms with E-state index in [0.29, 0.717) is 5.92 Å². The predicted octanol–water partition coefficient (Wildman–Crippen LogP) is 2.78. The minimum Gasteiger partial charge on any atom is -0.304 e. The molecule has 2 atom stereocenters. The zero-order valence-corrected chi connectivity index (χ0v) is 12.3. The van der Waals surface area contributed by atoms with Gasteiger partial charge in [-0.15, -0.1) is 0 Å². The van der Waals surface area contributed by atoms with Crippen LogP contribution in [-0.4, -0.2) is 36.6 Å². The maximum atomic E-state index is 9.52. The second-order valence-corrected chi connectivity index (χ2v) is 5.43. The lowest BCUT2D eigenvalue weighted by molar-refractivity contribution is 0.231. The standard InChI is InChI=1S/C15H29N3/c1-4-11-18(6-3)12-9-14-8-7-10-15(14,13-16)17-5-2/h14,17H,4-12H2,1-3H3. The highest BCUT2D eigenvalue weighted by molar-refractivity contribution is 5.14. The maximum absolute atomic E-state index is 9.52. The molecule has 18 heavy (non-hydrogen) atoms. The van der Waals surface area contributed by atoms with Gasteiger partial charge in [0.25, 0.3) is 0 Å². The quantitative estimate of drug-likeness (QED) is 0.721. The third-order valence-corrected chi connectivity index (χ3v) is 4.29. The summed E-state index contributed by atoms with van der Waals surface area (Å²) in [4.78, 5) is 2.51. The number of rotatable bonds is 8. The zero-order chi connectivity index (χ0) is 13.4. The Bertz CT molecular complexity index is 271. The number of hydrogen-bond acceptors (Lipinski definition) is 3. The van der Waals surface area contributed by atoms with E-state index in [4.69, 9.17) is 0 Å². The summed E-state index contributed by atoms with van der Waals surface area (Å²) in [5, 5.41) is 13.0. The third kappa shape index (κ3) is 3.70. The molecule has 0 amide bonds. The zero-order valence-electron chi connectivity index (χ0n) is 12.3. The summed E-state index contributed by atoms with van der Waals surface area (Å²) in [6.45, 7) is 10.9. The summed E-state index contributed by atoms with van der Waals surface area (Å²) in [5.74, 6) is 0.536. The lowest BCUT2D eigenvalue weighted by atomic mass is 9.85. The fraction of sp³-hybridized carbons (Fsp3) is 0.933. The van der Waals surface area contributed by atoms with Gasteiger partial charge in [0.15, 0.2) is 0 Å². The molecule has 3 nitrogen and oxygen atoms in total. The van der Waals surface area contributed by atoms with E-state index in [1.807, 2.05) is 0 Å².